The van der Waals surface area contributed by atoms with Gasteiger partial charge in [-0.1, -0.05) is 0 Å². The maximum Gasteiger partial charge on any atom is 0.169 e. The minimum absolute atomic E-state index is 0. The van der Waals surface area contributed by atoms with Gasteiger partial charge in [0.25, 0.3) is 0 Å². The quantitative estimate of drug-likeness (QED) is 0.464. The number of nitrogens with zero attached hydrogens (tertiary/aromatic N) is 1. The highest BCUT2D eigenvalue weighted by Crippen LogP contribution is 1.98. The summed E-state index contributed by atoms with van der Waals surface area (Å²) < 4.78 is 2.14. The molecular formula is C10H17BrN2S. The first kappa shape index (κ1) is 13.9. The van der Waals surface area contributed by atoms with E-state index >= 15 is 0 Å². The van der Waals surface area contributed by atoms with E-state index < -0.39 is 0 Å². The van der Waals surface area contributed by atoms with Gasteiger partial charge in [0.1, 0.15) is 0 Å². The highest BCUT2D eigenvalue weighted by atomic mass is 79.9. The van der Waals surface area contributed by atoms with E-state index in [4.69, 9.17) is 5.73 Å². The third kappa shape index (κ3) is 4.98. The van der Waals surface area contributed by atoms with Gasteiger partial charge in [-0.05, 0) is 24.9 Å². The number of halogens is 1. The molecule has 80 valence electrons. The molecule has 0 fully saturated rings. The average Bonchev–Trinajstić information content (AvgIpc) is 2.17. The molecule has 0 spiro atoms. The van der Waals surface area contributed by atoms with Crippen LogP contribution in [0.4, 0.5) is 0 Å². The number of thiol groups is 1. The average molecular weight is 277 g/mol. The van der Waals surface area contributed by atoms with E-state index in [9.17, 15) is 0 Å². The standard InChI is InChI=1S/C10H16N2S.BrH/c11-5-1-2-10-3-6-12(7-4-10)8-9-13;/h3-4,6-7H,1-2,5,8-9,11H2;1H. The van der Waals surface area contributed by atoms with Crippen LogP contribution in [0.5, 0.6) is 0 Å². The van der Waals surface area contributed by atoms with Crippen molar-refractivity contribution in [3.63, 3.8) is 0 Å². The molecule has 0 amide bonds. The second kappa shape index (κ2) is 8.26. The molecule has 2 nitrogen and oxygen atoms in total. The normalized spacial score (nSPS) is 9.57. The van der Waals surface area contributed by atoms with E-state index in [1.807, 2.05) is 0 Å². The second-order valence-electron chi connectivity index (χ2n) is 3.06. The van der Waals surface area contributed by atoms with E-state index in [1.165, 1.54) is 5.56 Å². The monoisotopic (exact) mass is 276 g/mol. The molecule has 4 heteroatoms. The second-order valence-corrected chi connectivity index (χ2v) is 3.51. The van der Waals surface area contributed by atoms with Gasteiger partial charge >= 0.3 is 0 Å². The molecule has 0 saturated heterocycles. The van der Waals surface area contributed by atoms with Crippen LogP contribution in [-0.4, -0.2) is 12.3 Å². The first-order chi connectivity index (χ1) is 6.36. The molecule has 14 heavy (non-hydrogen) atoms. The van der Waals surface area contributed by atoms with Crippen molar-refractivity contribution >= 4 is 12.6 Å². The Bertz CT molecular complexity index is 238. The van der Waals surface area contributed by atoms with Crippen molar-refractivity contribution in [3.8, 4) is 0 Å². The maximum absolute atomic E-state index is 5.44. The zero-order valence-corrected chi connectivity index (χ0v) is 10.7. The van der Waals surface area contributed by atoms with E-state index in [0.29, 0.717) is 0 Å². The van der Waals surface area contributed by atoms with E-state index in [1.54, 1.807) is 0 Å². The number of aromatic nitrogens is 1. The number of rotatable bonds is 5. The van der Waals surface area contributed by atoms with Crippen molar-refractivity contribution in [2.45, 2.75) is 19.4 Å². The van der Waals surface area contributed by atoms with Crippen LogP contribution in [0.1, 0.15) is 12.0 Å². The Labute approximate surface area is 102 Å². The lowest BCUT2D eigenvalue weighted by Crippen LogP contribution is -3.00. The first-order valence-electron chi connectivity index (χ1n) is 4.65. The van der Waals surface area contributed by atoms with E-state index in [-0.39, 0.29) is 17.0 Å². The summed E-state index contributed by atoms with van der Waals surface area (Å²) in [5, 5.41) is 0. The summed E-state index contributed by atoms with van der Waals surface area (Å²) >= 11 is 4.18. The van der Waals surface area contributed by atoms with Crippen LogP contribution < -0.4 is 27.3 Å². The Morgan fingerprint density at radius 3 is 2.43 bits per heavy atom. The molecule has 0 aliphatic heterocycles. The van der Waals surface area contributed by atoms with Crippen molar-refractivity contribution in [2.75, 3.05) is 12.3 Å². The zero-order valence-electron chi connectivity index (χ0n) is 8.19. The van der Waals surface area contributed by atoms with Crippen LogP contribution in [-0.2, 0) is 13.0 Å². The largest absolute Gasteiger partial charge is 1.00 e. The predicted molar refractivity (Wildman–Crippen MR) is 57.9 cm³/mol. The van der Waals surface area contributed by atoms with Gasteiger partial charge in [-0.2, -0.15) is 12.6 Å². The summed E-state index contributed by atoms with van der Waals surface area (Å²) in [6, 6.07) is 4.30. The van der Waals surface area contributed by atoms with Gasteiger partial charge in [0.2, 0.25) is 0 Å². The fourth-order valence-corrected chi connectivity index (χ4v) is 1.46. The number of hydrogen-bond donors (Lipinski definition) is 2. The molecule has 0 unspecified atom stereocenters. The lowest BCUT2D eigenvalue weighted by atomic mass is 10.1. The number of hydrogen-bond acceptors (Lipinski definition) is 2. The third-order valence-electron chi connectivity index (χ3n) is 1.99. The summed E-state index contributed by atoms with van der Waals surface area (Å²) in [5.41, 5.74) is 6.80. The highest BCUT2D eigenvalue weighted by molar-refractivity contribution is 7.80. The fraction of sp³-hybridized carbons (Fsp3) is 0.500. The minimum atomic E-state index is 0. The maximum atomic E-state index is 5.44. The molecule has 0 atom stereocenters. The Morgan fingerprint density at radius 2 is 1.93 bits per heavy atom. The van der Waals surface area contributed by atoms with Crippen LogP contribution in [0.15, 0.2) is 24.5 Å². The molecule has 1 aromatic rings. The fourth-order valence-electron chi connectivity index (χ4n) is 1.23. The molecule has 0 bridgehead atoms. The smallest absolute Gasteiger partial charge is 0.169 e. The van der Waals surface area contributed by atoms with Gasteiger partial charge in [-0.15, -0.1) is 0 Å². The van der Waals surface area contributed by atoms with Gasteiger partial charge in [0.05, 0.1) is 0 Å². The summed E-state index contributed by atoms with van der Waals surface area (Å²) in [6.07, 6.45) is 6.35. The molecule has 2 N–H and O–H groups in total. The van der Waals surface area contributed by atoms with Crippen LogP contribution in [0, 0.1) is 0 Å². The first-order valence-corrected chi connectivity index (χ1v) is 5.29. The SMILES string of the molecule is NCCCc1cc[n+](CCS)cc1.[Br-]. The summed E-state index contributed by atoms with van der Waals surface area (Å²) in [4.78, 5) is 0. The predicted octanol–water partition coefficient (Wildman–Crippen LogP) is -2.20. The zero-order chi connectivity index (χ0) is 9.52. The molecule has 0 radical (unpaired) electrons. The molecule has 0 saturated carbocycles. The molecule has 1 rings (SSSR count). The van der Waals surface area contributed by atoms with E-state index in [0.717, 1.165) is 31.7 Å². The molecule has 1 heterocycles. The summed E-state index contributed by atoms with van der Waals surface area (Å²) in [5.74, 6) is 0.882. The van der Waals surface area contributed by atoms with Gasteiger partial charge in [-0.3, -0.25) is 0 Å². The number of aryl methyl sites for hydroxylation is 2. The minimum Gasteiger partial charge on any atom is -1.00 e. The van der Waals surface area contributed by atoms with Gasteiger partial charge < -0.3 is 22.7 Å². The Morgan fingerprint density at radius 1 is 1.29 bits per heavy atom. The van der Waals surface area contributed by atoms with E-state index in [2.05, 4.69) is 41.7 Å². The van der Waals surface area contributed by atoms with Crippen LogP contribution in [0.2, 0.25) is 0 Å². The summed E-state index contributed by atoms with van der Waals surface area (Å²) in [7, 11) is 0. The van der Waals surface area contributed by atoms with Crippen molar-refractivity contribution in [2.24, 2.45) is 5.73 Å². The third-order valence-corrected chi connectivity index (χ3v) is 2.19. The Balaban J connectivity index is 0.00000169. The Kier molecular flexibility index (Phi) is 8.23. The van der Waals surface area contributed by atoms with Crippen LogP contribution >= 0.6 is 12.6 Å². The lowest BCUT2D eigenvalue weighted by molar-refractivity contribution is -0.692. The summed E-state index contributed by atoms with van der Waals surface area (Å²) in [6.45, 7) is 1.74. The van der Waals surface area contributed by atoms with Crippen molar-refractivity contribution in [1.29, 1.82) is 0 Å². The Hall–Kier alpha value is -0.0600. The van der Waals surface area contributed by atoms with Crippen molar-refractivity contribution < 1.29 is 21.5 Å². The lowest BCUT2D eigenvalue weighted by Gasteiger charge is -1.98. The molecule has 0 aliphatic rings. The highest BCUT2D eigenvalue weighted by Gasteiger charge is 1.98. The molecule has 0 aliphatic carbocycles. The van der Waals surface area contributed by atoms with Crippen molar-refractivity contribution in [1.82, 2.24) is 0 Å². The van der Waals surface area contributed by atoms with Gasteiger partial charge in [-0.25, -0.2) is 4.57 Å². The molecule has 1 aromatic heterocycles. The molecular weight excluding hydrogens is 260 g/mol. The van der Waals surface area contributed by atoms with Crippen LogP contribution in [0.25, 0.3) is 0 Å². The number of nitrogens with two attached hydrogens (primary N) is 1. The van der Waals surface area contributed by atoms with Crippen LogP contribution in [0.3, 0.4) is 0 Å². The topological polar surface area (TPSA) is 29.9 Å². The number of pyridine rings is 1. The van der Waals surface area contributed by atoms with Crippen molar-refractivity contribution in [3.05, 3.63) is 30.1 Å². The van der Waals surface area contributed by atoms with Gasteiger partial charge in [0, 0.05) is 17.9 Å². The molecule has 0 aromatic carbocycles. The van der Waals surface area contributed by atoms with Gasteiger partial charge in [0.15, 0.2) is 18.9 Å².